The Labute approximate surface area is 178 Å². The second kappa shape index (κ2) is 9.92. The SMILES string of the molecule is Cc1ccc(C(=O)NCc2ccc(Oc3ccccc3CCC(C)C)cc2)c(N)n1. The number of aromatic nitrogens is 1. The van der Waals surface area contributed by atoms with Crippen molar-refractivity contribution in [2.45, 2.75) is 40.2 Å². The van der Waals surface area contributed by atoms with E-state index < -0.39 is 0 Å². The van der Waals surface area contributed by atoms with Crippen molar-refractivity contribution in [1.82, 2.24) is 10.3 Å². The third kappa shape index (κ3) is 5.83. The minimum atomic E-state index is -0.237. The first-order chi connectivity index (χ1) is 14.4. The number of para-hydroxylation sites is 1. The van der Waals surface area contributed by atoms with Crippen LogP contribution in [-0.2, 0) is 13.0 Å². The van der Waals surface area contributed by atoms with E-state index in [2.05, 4.69) is 30.2 Å². The number of hydrogen-bond acceptors (Lipinski definition) is 4. The fraction of sp³-hybridized carbons (Fsp3) is 0.280. The van der Waals surface area contributed by atoms with Crippen LogP contribution in [0.5, 0.6) is 11.5 Å². The Morgan fingerprint density at radius 3 is 2.50 bits per heavy atom. The number of nitrogen functional groups attached to an aromatic ring is 1. The fourth-order valence-corrected chi connectivity index (χ4v) is 3.10. The highest BCUT2D eigenvalue weighted by Gasteiger charge is 2.11. The van der Waals surface area contributed by atoms with Gasteiger partial charge in [-0.2, -0.15) is 0 Å². The lowest BCUT2D eigenvalue weighted by atomic mass is 10.0. The van der Waals surface area contributed by atoms with Gasteiger partial charge in [-0.05, 0) is 67.1 Å². The molecule has 0 spiro atoms. The molecule has 1 heterocycles. The molecule has 5 heteroatoms. The summed E-state index contributed by atoms with van der Waals surface area (Å²) in [5, 5.41) is 2.88. The molecule has 5 nitrogen and oxygen atoms in total. The van der Waals surface area contributed by atoms with Gasteiger partial charge in [-0.25, -0.2) is 4.98 Å². The zero-order valence-electron chi connectivity index (χ0n) is 17.8. The van der Waals surface area contributed by atoms with Gasteiger partial charge < -0.3 is 15.8 Å². The van der Waals surface area contributed by atoms with Crippen molar-refractivity contribution >= 4 is 11.7 Å². The van der Waals surface area contributed by atoms with Gasteiger partial charge in [0.15, 0.2) is 0 Å². The molecule has 0 atom stereocenters. The normalized spacial score (nSPS) is 10.8. The molecule has 156 valence electrons. The average Bonchev–Trinajstić information content (AvgIpc) is 2.72. The lowest BCUT2D eigenvalue weighted by Crippen LogP contribution is -2.24. The Morgan fingerprint density at radius 2 is 1.80 bits per heavy atom. The molecule has 1 amide bonds. The molecule has 0 aliphatic heterocycles. The molecule has 0 aliphatic carbocycles. The zero-order chi connectivity index (χ0) is 21.5. The van der Waals surface area contributed by atoms with Crippen molar-refractivity contribution in [3.05, 3.63) is 83.0 Å². The highest BCUT2D eigenvalue weighted by molar-refractivity contribution is 5.98. The van der Waals surface area contributed by atoms with Crippen LogP contribution in [0.4, 0.5) is 5.82 Å². The molecule has 3 aromatic rings. The highest BCUT2D eigenvalue weighted by atomic mass is 16.5. The van der Waals surface area contributed by atoms with E-state index in [1.165, 1.54) is 5.56 Å². The maximum Gasteiger partial charge on any atom is 0.255 e. The molecule has 0 saturated heterocycles. The summed E-state index contributed by atoms with van der Waals surface area (Å²) in [6.07, 6.45) is 2.12. The van der Waals surface area contributed by atoms with Crippen LogP contribution in [0.15, 0.2) is 60.7 Å². The second-order valence-corrected chi connectivity index (χ2v) is 7.85. The lowest BCUT2D eigenvalue weighted by Gasteiger charge is -2.13. The molecule has 0 radical (unpaired) electrons. The minimum absolute atomic E-state index is 0.237. The number of carbonyl (C=O) groups excluding carboxylic acids is 1. The number of ether oxygens (including phenoxy) is 1. The van der Waals surface area contributed by atoms with Crippen molar-refractivity contribution in [3.8, 4) is 11.5 Å². The van der Waals surface area contributed by atoms with Crippen LogP contribution >= 0.6 is 0 Å². The quantitative estimate of drug-likeness (QED) is 0.536. The smallest absolute Gasteiger partial charge is 0.255 e. The number of amides is 1. The molecular formula is C25H29N3O2. The van der Waals surface area contributed by atoms with Gasteiger partial charge in [0.1, 0.15) is 17.3 Å². The van der Waals surface area contributed by atoms with Crippen LogP contribution in [0.2, 0.25) is 0 Å². The second-order valence-electron chi connectivity index (χ2n) is 7.85. The molecule has 1 aromatic heterocycles. The van der Waals surface area contributed by atoms with Crippen molar-refractivity contribution in [2.75, 3.05) is 5.73 Å². The van der Waals surface area contributed by atoms with Gasteiger partial charge in [-0.3, -0.25) is 4.79 Å². The molecule has 0 fully saturated rings. The number of nitrogens with zero attached hydrogens (tertiary/aromatic N) is 1. The summed E-state index contributed by atoms with van der Waals surface area (Å²) >= 11 is 0. The average molecular weight is 404 g/mol. The summed E-state index contributed by atoms with van der Waals surface area (Å²) in [6, 6.07) is 19.4. The predicted molar refractivity (Wildman–Crippen MR) is 121 cm³/mol. The number of aryl methyl sites for hydroxylation is 2. The third-order valence-electron chi connectivity index (χ3n) is 4.88. The van der Waals surface area contributed by atoms with Gasteiger partial charge in [-0.1, -0.05) is 44.2 Å². The van der Waals surface area contributed by atoms with Crippen LogP contribution in [0.1, 0.15) is 47.4 Å². The Kier molecular flexibility index (Phi) is 7.07. The molecule has 2 aromatic carbocycles. The van der Waals surface area contributed by atoms with E-state index >= 15 is 0 Å². The Hall–Kier alpha value is -3.34. The van der Waals surface area contributed by atoms with E-state index in [0.717, 1.165) is 35.6 Å². The van der Waals surface area contributed by atoms with Crippen molar-refractivity contribution in [2.24, 2.45) is 5.92 Å². The van der Waals surface area contributed by atoms with Crippen molar-refractivity contribution < 1.29 is 9.53 Å². The van der Waals surface area contributed by atoms with Crippen LogP contribution < -0.4 is 15.8 Å². The summed E-state index contributed by atoms with van der Waals surface area (Å²) in [7, 11) is 0. The van der Waals surface area contributed by atoms with E-state index in [0.29, 0.717) is 18.0 Å². The van der Waals surface area contributed by atoms with E-state index in [4.69, 9.17) is 10.5 Å². The number of hydrogen-bond donors (Lipinski definition) is 2. The standard InChI is InChI=1S/C25H29N3O2/c1-17(2)8-12-20-6-4-5-7-23(20)30-21-13-10-19(11-14-21)16-27-25(29)22-15-9-18(3)28-24(22)26/h4-7,9-11,13-15,17H,8,12,16H2,1-3H3,(H2,26,28)(H,27,29). The Balaban J connectivity index is 1.60. The van der Waals surface area contributed by atoms with Crippen LogP contribution in [0.3, 0.4) is 0 Å². The summed E-state index contributed by atoms with van der Waals surface area (Å²) < 4.78 is 6.11. The molecule has 3 N–H and O–H groups in total. The first-order valence-corrected chi connectivity index (χ1v) is 10.3. The molecule has 0 aliphatic rings. The lowest BCUT2D eigenvalue weighted by molar-refractivity contribution is 0.0951. The van der Waals surface area contributed by atoms with Crippen LogP contribution in [0.25, 0.3) is 0 Å². The van der Waals surface area contributed by atoms with Crippen molar-refractivity contribution in [1.29, 1.82) is 0 Å². The number of benzene rings is 2. The summed E-state index contributed by atoms with van der Waals surface area (Å²) in [5.74, 6) is 2.32. The monoisotopic (exact) mass is 403 g/mol. The topological polar surface area (TPSA) is 77.2 Å². The number of rotatable bonds is 8. The van der Waals surface area contributed by atoms with Gasteiger partial charge in [0, 0.05) is 12.2 Å². The van der Waals surface area contributed by atoms with Gasteiger partial charge in [0.25, 0.3) is 5.91 Å². The van der Waals surface area contributed by atoms with E-state index in [9.17, 15) is 4.79 Å². The first kappa shape index (κ1) is 21.4. The van der Waals surface area contributed by atoms with E-state index in [1.54, 1.807) is 12.1 Å². The van der Waals surface area contributed by atoms with Crippen LogP contribution in [-0.4, -0.2) is 10.9 Å². The number of pyridine rings is 1. The Bertz CT molecular complexity index is 998. The van der Waals surface area contributed by atoms with E-state index in [1.807, 2.05) is 49.4 Å². The minimum Gasteiger partial charge on any atom is -0.457 e. The zero-order valence-corrected chi connectivity index (χ0v) is 17.8. The van der Waals surface area contributed by atoms with Gasteiger partial charge in [-0.15, -0.1) is 0 Å². The fourth-order valence-electron chi connectivity index (χ4n) is 3.10. The molecule has 0 bridgehead atoms. The largest absolute Gasteiger partial charge is 0.457 e. The summed E-state index contributed by atoms with van der Waals surface area (Å²) in [4.78, 5) is 16.5. The number of nitrogens with one attached hydrogen (secondary N) is 1. The van der Waals surface area contributed by atoms with Gasteiger partial charge >= 0.3 is 0 Å². The Morgan fingerprint density at radius 1 is 1.07 bits per heavy atom. The third-order valence-corrected chi connectivity index (χ3v) is 4.88. The molecule has 0 saturated carbocycles. The van der Waals surface area contributed by atoms with Gasteiger partial charge in [0.05, 0.1) is 5.56 Å². The molecule has 3 rings (SSSR count). The predicted octanol–water partition coefficient (Wildman–Crippen LogP) is 5.28. The summed E-state index contributed by atoms with van der Waals surface area (Å²) in [5.41, 5.74) is 9.21. The molecular weight excluding hydrogens is 374 g/mol. The van der Waals surface area contributed by atoms with Crippen LogP contribution in [0, 0.1) is 12.8 Å². The number of nitrogens with two attached hydrogens (primary N) is 1. The molecule has 0 unspecified atom stereocenters. The maximum atomic E-state index is 12.3. The van der Waals surface area contributed by atoms with E-state index in [-0.39, 0.29) is 11.7 Å². The first-order valence-electron chi connectivity index (χ1n) is 10.3. The number of carbonyl (C=O) groups is 1. The number of anilines is 1. The molecule has 30 heavy (non-hydrogen) atoms. The van der Waals surface area contributed by atoms with Crippen molar-refractivity contribution in [3.63, 3.8) is 0 Å². The maximum absolute atomic E-state index is 12.3. The van der Waals surface area contributed by atoms with Gasteiger partial charge in [0.2, 0.25) is 0 Å². The summed E-state index contributed by atoms with van der Waals surface area (Å²) in [6.45, 7) is 6.69. The highest BCUT2D eigenvalue weighted by Crippen LogP contribution is 2.27.